The monoisotopic (exact) mass is 283 g/mol. The van der Waals surface area contributed by atoms with Gasteiger partial charge in [-0.05, 0) is 20.8 Å². The van der Waals surface area contributed by atoms with Gasteiger partial charge in [-0.25, -0.2) is 0 Å². The summed E-state index contributed by atoms with van der Waals surface area (Å²) in [6.45, 7) is 5.79. The van der Waals surface area contributed by atoms with Crippen molar-refractivity contribution in [2.24, 2.45) is 0 Å². The van der Waals surface area contributed by atoms with Crippen molar-refractivity contribution >= 4 is 0 Å². The van der Waals surface area contributed by atoms with E-state index >= 15 is 0 Å². The van der Waals surface area contributed by atoms with Crippen molar-refractivity contribution in [2.75, 3.05) is 19.8 Å². The molecule has 3 N–H and O–H groups in total. The third-order valence-corrected chi connectivity index (χ3v) is 0. The summed E-state index contributed by atoms with van der Waals surface area (Å²) in [5.74, 6) is 0. The van der Waals surface area contributed by atoms with Gasteiger partial charge in [-0.3, -0.25) is 0 Å². The molecule has 0 amide bonds. The molecule has 0 aromatic heterocycles. The van der Waals surface area contributed by atoms with Crippen LogP contribution in [0.5, 0.6) is 0 Å². The molecule has 0 saturated carbocycles. The average molecular weight is 283 g/mol. The van der Waals surface area contributed by atoms with E-state index in [1.54, 1.807) is 20.8 Å². The molecule has 0 heterocycles. The van der Waals surface area contributed by atoms with Crippen LogP contribution in [0.25, 0.3) is 0 Å². The summed E-state index contributed by atoms with van der Waals surface area (Å²) in [4.78, 5) is 0. The molecule has 0 fully saturated rings. The molecule has 0 aliphatic rings. The van der Waals surface area contributed by atoms with E-state index in [-0.39, 0.29) is 60.2 Å². The first-order chi connectivity index (χ1) is 4.24. The quantitative estimate of drug-likeness (QED) is 0.586. The van der Waals surface area contributed by atoms with Crippen molar-refractivity contribution in [3.8, 4) is 0 Å². The minimum Gasteiger partial charge on any atom is -0.397 e. The Morgan fingerprint density at radius 1 is 0.700 bits per heavy atom. The maximum absolute atomic E-state index is 7.57. The van der Waals surface area contributed by atoms with Gasteiger partial charge in [-0.2, -0.15) is 0 Å². The predicted molar refractivity (Wildman–Crippen MR) is 38.3 cm³/mol. The molecule has 0 spiro atoms. The number of aliphatic hydroxyl groups excluding tert-OH is 3. The van der Waals surface area contributed by atoms with Crippen LogP contribution in [-0.2, 0) is 0 Å². The van der Waals surface area contributed by atoms with E-state index in [2.05, 4.69) is 0 Å². The van der Waals surface area contributed by atoms with E-state index in [4.69, 9.17) is 15.3 Å². The van der Waals surface area contributed by atoms with Gasteiger partial charge in [0.05, 0.1) is 0 Å². The van der Waals surface area contributed by atoms with Crippen molar-refractivity contribution in [1.29, 1.82) is 0 Å². The van der Waals surface area contributed by atoms with Crippen LogP contribution in [0.15, 0.2) is 0 Å². The summed E-state index contributed by atoms with van der Waals surface area (Å²) in [6, 6.07) is 0. The van der Waals surface area contributed by atoms with Gasteiger partial charge in [0.1, 0.15) is 0 Å². The molecule has 0 aromatic carbocycles. The molecule has 0 aliphatic heterocycles. The molecule has 65 valence electrons. The SMILES string of the molecule is CCO.CCO.CCO.[Pm]. The molecular formula is C6H18O3Pm. The third kappa shape index (κ3) is 420. The predicted octanol–water partition coefficient (Wildman–Crippen LogP) is -0.00420. The Labute approximate surface area is 95.6 Å². The van der Waals surface area contributed by atoms with E-state index < -0.39 is 0 Å². The van der Waals surface area contributed by atoms with E-state index in [0.717, 1.165) is 0 Å². The van der Waals surface area contributed by atoms with Crippen molar-refractivity contribution < 1.29 is 55.7 Å². The van der Waals surface area contributed by atoms with Gasteiger partial charge in [0, 0.05) is 60.2 Å². The van der Waals surface area contributed by atoms with E-state index in [1.165, 1.54) is 0 Å². The van der Waals surface area contributed by atoms with Crippen molar-refractivity contribution in [1.82, 2.24) is 0 Å². The Balaban J connectivity index is -0.0000000257. The molecule has 3 nitrogen and oxygen atoms in total. The summed E-state index contributed by atoms with van der Waals surface area (Å²) in [5, 5.41) is 22.7. The van der Waals surface area contributed by atoms with Gasteiger partial charge in [0.25, 0.3) is 0 Å². The summed E-state index contributed by atoms with van der Waals surface area (Å²) >= 11 is 0. The summed E-state index contributed by atoms with van der Waals surface area (Å²) in [6.07, 6.45) is 0. The van der Waals surface area contributed by atoms with Crippen LogP contribution >= 0.6 is 0 Å². The van der Waals surface area contributed by atoms with Crippen molar-refractivity contribution in [3.05, 3.63) is 0 Å². The molecule has 10 heavy (non-hydrogen) atoms. The van der Waals surface area contributed by atoms with Gasteiger partial charge >= 0.3 is 0 Å². The fourth-order valence-corrected chi connectivity index (χ4v) is 0. The molecule has 1 radical (unpaired) electrons. The largest absolute Gasteiger partial charge is 0.397 e. The van der Waals surface area contributed by atoms with Gasteiger partial charge in [-0.15, -0.1) is 0 Å². The summed E-state index contributed by atoms with van der Waals surface area (Å²) < 4.78 is 0. The number of hydrogen-bond acceptors (Lipinski definition) is 3. The Kier molecular flexibility index (Phi) is 110. The normalized spacial score (nSPS) is 5.40. The zero-order valence-electron chi connectivity index (χ0n) is 6.91. The van der Waals surface area contributed by atoms with Crippen LogP contribution in [0, 0.1) is 40.4 Å². The zero-order valence-corrected chi connectivity index (χ0v) is 9.78. The molecule has 0 aliphatic carbocycles. The maximum Gasteiger partial charge on any atom is 0.0402 e. The van der Waals surface area contributed by atoms with E-state index in [9.17, 15) is 0 Å². The van der Waals surface area contributed by atoms with Crippen molar-refractivity contribution in [2.45, 2.75) is 20.8 Å². The van der Waals surface area contributed by atoms with E-state index in [1.807, 2.05) is 0 Å². The second kappa shape index (κ2) is 48.8. The zero-order chi connectivity index (χ0) is 8.12. The second-order valence-corrected chi connectivity index (χ2v) is 0.949. The van der Waals surface area contributed by atoms with Crippen LogP contribution in [0.3, 0.4) is 0 Å². The van der Waals surface area contributed by atoms with Gasteiger partial charge < -0.3 is 15.3 Å². The Morgan fingerprint density at radius 3 is 0.700 bits per heavy atom. The topological polar surface area (TPSA) is 60.7 Å². The summed E-state index contributed by atoms with van der Waals surface area (Å²) in [5.41, 5.74) is 0. The minimum absolute atomic E-state index is 0. The molecule has 0 bridgehead atoms. The first kappa shape index (κ1) is 22.5. The first-order valence-electron chi connectivity index (χ1n) is 3.07. The molecule has 0 saturated heterocycles. The van der Waals surface area contributed by atoms with Crippen LogP contribution in [0.1, 0.15) is 20.8 Å². The number of hydrogen-bond donors (Lipinski definition) is 3. The Morgan fingerprint density at radius 2 is 0.700 bits per heavy atom. The fourth-order valence-electron chi connectivity index (χ4n) is 0. The smallest absolute Gasteiger partial charge is 0.0402 e. The molecule has 0 unspecified atom stereocenters. The van der Waals surface area contributed by atoms with Gasteiger partial charge in [0.2, 0.25) is 0 Å². The molecule has 0 aromatic rings. The second-order valence-electron chi connectivity index (χ2n) is 0.949. The van der Waals surface area contributed by atoms with Gasteiger partial charge in [-0.1, -0.05) is 0 Å². The van der Waals surface area contributed by atoms with Crippen molar-refractivity contribution in [3.63, 3.8) is 0 Å². The van der Waals surface area contributed by atoms with E-state index in [0.29, 0.717) is 0 Å². The molecule has 0 rings (SSSR count). The standard InChI is InChI=1S/3C2H6O.Pm/c3*1-2-3;/h3*3H,2H2,1H3;. The third-order valence-electron chi connectivity index (χ3n) is 0. The molecular weight excluding hydrogens is 265 g/mol. The van der Waals surface area contributed by atoms with Gasteiger partial charge in [0.15, 0.2) is 0 Å². The number of aliphatic hydroxyl groups is 3. The summed E-state index contributed by atoms with van der Waals surface area (Å²) in [7, 11) is 0. The first-order valence-corrected chi connectivity index (χ1v) is 3.07. The van der Waals surface area contributed by atoms with Crippen LogP contribution < -0.4 is 0 Å². The number of rotatable bonds is 0. The average Bonchev–Trinajstić information content (AvgIpc) is 1.70. The maximum atomic E-state index is 7.57. The fraction of sp³-hybridized carbons (Fsp3) is 1.00. The molecule has 0 atom stereocenters. The molecule has 4 heteroatoms. The van der Waals surface area contributed by atoms with Crippen LogP contribution in [0.2, 0.25) is 0 Å². The Hall–Kier alpha value is 1.22. The van der Waals surface area contributed by atoms with Crippen LogP contribution in [-0.4, -0.2) is 35.1 Å². The van der Waals surface area contributed by atoms with Crippen LogP contribution in [0.4, 0.5) is 0 Å². The minimum atomic E-state index is 0. The Bertz CT molecular complexity index is 17.7.